The summed E-state index contributed by atoms with van der Waals surface area (Å²) in [5, 5.41) is 3.23. The molecular weight excluding hydrogens is 250 g/mol. The molecule has 3 nitrogen and oxygen atoms in total. The molecule has 0 amide bonds. The van der Waals surface area contributed by atoms with Crippen LogP contribution in [-0.2, 0) is 6.42 Å². The van der Waals surface area contributed by atoms with E-state index in [2.05, 4.69) is 5.32 Å². The summed E-state index contributed by atoms with van der Waals surface area (Å²) in [5.41, 5.74) is 2.35. The molecule has 5 heteroatoms. The van der Waals surface area contributed by atoms with E-state index >= 15 is 0 Å². The number of benzene rings is 1. The maximum Gasteiger partial charge on any atom is 0.251 e. The van der Waals surface area contributed by atoms with Crippen LogP contribution >= 0.6 is 0 Å². The van der Waals surface area contributed by atoms with Gasteiger partial charge in [-0.2, -0.15) is 0 Å². The van der Waals surface area contributed by atoms with Crippen LogP contribution in [0.15, 0.2) is 18.2 Å². The first-order chi connectivity index (χ1) is 9.06. The van der Waals surface area contributed by atoms with Crippen LogP contribution in [0.1, 0.15) is 17.2 Å². The molecule has 0 spiro atoms. The molecule has 1 aromatic carbocycles. The summed E-state index contributed by atoms with van der Waals surface area (Å²) in [5.74, 6) is 0.802. The van der Waals surface area contributed by atoms with Crippen LogP contribution in [-0.4, -0.2) is 45.1 Å². The number of ether oxygens (including phenoxy) is 1. The second kappa shape index (κ2) is 5.84. The third kappa shape index (κ3) is 2.87. The largest absolute Gasteiger partial charge is 0.497 e. The van der Waals surface area contributed by atoms with Crippen LogP contribution in [0.3, 0.4) is 0 Å². The van der Waals surface area contributed by atoms with Gasteiger partial charge in [-0.05, 0) is 43.8 Å². The number of halogens is 2. The zero-order valence-corrected chi connectivity index (χ0v) is 11.5. The molecule has 1 aliphatic carbocycles. The number of likely N-dealkylation sites (N-methyl/N-ethyl adjacent to an activating group) is 2. The van der Waals surface area contributed by atoms with E-state index in [0.29, 0.717) is 0 Å². The molecule has 2 atom stereocenters. The molecule has 0 saturated heterocycles. The van der Waals surface area contributed by atoms with Gasteiger partial charge in [-0.15, -0.1) is 0 Å². The van der Waals surface area contributed by atoms with Gasteiger partial charge < -0.3 is 10.1 Å². The van der Waals surface area contributed by atoms with Gasteiger partial charge in [0.2, 0.25) is 0 Å². The smallest absolute Gasteiger partial charge is 0.251 e. The van der Waals surface area contributed by atoms with Crippen molar-refractivity contribution in [1.82, 2.24) is 10.2 Å². The summed E-state index contributed by atoms with van der Waals surface area (Å²) < 4.78 is 30.3. The lowest BCUT2D eigenvalue weighted by atomic mass is 10.1. The third-order valence-electron chi connectivity index (χ3n) is 3.81. The van der Waals surface area contributed by atoms with E-state index in [1.165, 1.54) is 5.56 Å². The number of rotatable bonds is 5. The Labute approximate surface area is 112 Å². The molecule has 0 fully saturated rings. The lowest BCUT2D eigenvalue weighted by Gasteiger charge is -2.29. The summed E-state index contributed by atoms with van der Waals surface area (Å²) >= 11 is 0. The highest BCUT2D eigenvalue weighted by Gasteiger charge is 2.35. The molecule has 2 rings (SSSR count). The number of alkyl halides is 2. The van der Waals surface area contributed by atoms with Gasteiger partial charge >= 0.3 is 0 Å². The monoisotopic (exact) mass is 270 g/mol. The van der Waals surface area contributed by atoms with Gasteiger partial charge in [0.25, 0.3) is 6.43 Å². The number of hydrogen-bond acceptors (Lipinski definition) is 3. The van der Waals surface area contributed by atoms with E-state index < -0.39 is 6.43 Å². The summed E-state index contributed by atoms with van der Waals surface area (Å²) in [7, 11) is 5.25. The van der Waals surface area contributed by atoms with Crippen LogP contribution in [0, 0.1) is 0 Å². The van der Waals surface area contributed by atoms with E-state index in [9.17, 15) is 8.78 Å². The molecule has 0 saturated carbocycles. The van der Waals surface area contributed by atoms with Gasteiger partial charge in [-0.3, -0.25) is 4.90 Å². The van der Waals surface area contributed by atoms with E-state index in [1.54, 1.807) is 19.1 Å². The zero-order valence-electron chi connectivity index (χ0n) is 11.5. The predicted molar refractivity (Wildman–Crippen MR) is 70.9 cm³/mol. The lowest BCUT2D eigenvalue weighted by molar-refractivity contribution is 0.0742. The minimum Gasteiger partial charge on any atom is -0.497 e. The molecule has 2 unspecified atom stereocenters. The number of fused-ring (bicyclic) bond motifs is 1. The Bertz CT molecular complexity index is 439. The van der Waals surface area contributed by atoms with Gasteiger partial charge in [0.15, 0.2) is 0 Å². The summed E-state index contributed by atoms with van der Waals surface area (Å²) in [6.07, 6.45) is -1.52. The Kier molecular flexibility index (Phi) is 4.37. The summed E-state index contributed by atoms with van der Waals surface area (Å²) in [4.78, 5) is 1.73. The highest BCUT2D eigenvalue weighted by molar-refractivity contribution is 5.42. The second-order valence-electron chi connectivity index (χ2n) is 4.93. The standard InChI is InChI=1S/C14H20F2N2O/c1-17-14-11-7-10(19-3)5-4-9(11)6-12(14)18(2)8-13(15)16/h4-5,7,12-14,17H,6,8H2,1-3H3. The lowest BCUT2D eigenvalue weighted by Crippen LogP contribution is -2.41. The molecule has 0 radical (unpaired) electrons. The highest BCUT2D eigenvalue weighted by atomic mass is 19.3. The van der Waals surface area contributed by atoms with Crippen molar-refractivity contribution in [1.29, 1.82) is 0 Å². The Balaban J connectivity index is 2.22. The fourth-order valence-corrected chi connectivity index (χ4v) is 2.84. The van der Waals surface area contributed by atoms with Crippen LogP contribution in [0.2, 0.25) is 0 Å². The normalized spacial score (nSPS) is 22.1. The molecule has 19 heavy (non-hydrogen) atoms. The van der Waals surface area contributed by atoms with Crippen LogP contribution < -0.4 is 10.1 Å². The Morgan fingerprint density at radius 1 is 1.47 bits per heavy atom. The molecule has 1 aliphatic rings. The van der Waals surface area contributed by atoms with Crippen molar-refractivity contribution in [3.05, 3.63) is 29.3 Å². The zero-order chi connectivity index (χ0) is 14.0. The molecule has 1 N–H and O–H groups in total. The fourth-order valence-electron chi connectivity index (χ4n) is 2.84. The van der Waals surface area contributed by atoms with E-state index in [1.807, 2.05) is 25.2 Å². The minimum atomic E-state index is -2.30. The fraction of sp³-hybridized carbons (Fsp3) is 0.571. The molecule has 0 aliphatic heterocycles. The first-order valence-corrected chi connectivity index (χ1v) is 6.39. The Morgan fingerprint density at radius 2 is 2.21 bits per heavy atom. The summed E-state index contributed by atoms with van der Waals surface area (Å²) in [6.45, 7) is -0.200. The number of nitrogens with zero attached hydrogens (tertiary/aromatic N) is 1. The Morgan fingerprint density at radius 3 is 2.79 bits per heavy atom. The van der Waals surface area contributed by atoms with Gasteiger partial charge in [-0.1, -0.05) is 6.07 Å². The quantitative estimate of drug-likeness (QED) is 0.886. The van der Waals surface area contributed by atoms with Crippen molar-refractivity contribution >= 4 is 0 Å². The molecular formula is C14H20F2N2O. The third-order valence-corrected chi connectivity index (χ3v) is 3.81. The van der Waals surface area contributed by atoms with Crippen LogP contribution in [0.25, 0.3) is 0 Å². The van der Waals surface area contributed by atoms with Crippen LogP contribution in [0.5, 0.6) is 5.75 Å². The molecule has 1 aromatic rings. The Hall–Kier alpha value is -1.20. The van der Waals surface area contributed by atoms with Gasteiger partial charge in [-0.25, -0.2) is 8.78 Å². The molecule has 0 bridgehead atoms. The van der Waals surface area contributed by atoms with E-state index in [-0.39, 0.29) is 18.6 Å². The van der Waals surface area contributed by atoms with E-state index in [0.717, 1.165) is 17.7 Å². The maximum absolute atomic E-state index is 12.5. The van der Waals surface area contributed by atoms with Crippen LogP contribution in [0.4, 0.5) is 8.78 Å². The second-order valence-corrected chi connectivity index (χ2v) is 4.93. The predicted octanol–water partition coefficient (Wildman–Crippen LogP) is 2.08. The molecule has 106 valence electrons. The highest BCUT2D eigenvalue weighted by Crippen LogP contribution is 2.36. The number of nitrogens with one attached hydrogen (secondary N) is 1. The maximum atomic E-state index is 12.5. The van der Waals surface area contributed by atoms with Gasteiger partial charge in [0.05, 0.1) is 13.7 Å². The number of methoxy groups -OCH3 is 1. The minimum absolute atomic E-state index is 0.0566. The van der Waals surface area contributed by atoms with Gasteiger partial charge in [0, 0.05) is 12.1 Å². The first kappa shape index (κ1) is 14.2. The van der Waals surface area contributed by atoms with E-state index in [4.69, 9.17) is 4.74 Å². The number of hydrogen-bond donors (Lipinski definition) is 1. The average Bonchev–Trinajstić information content (AvgIpc) is 2.75. The van der Waals surface area contributed by atoms with Crippen molar-refractivity contribution in [3.8, 4) is 5.75 Å². The average molecular weight is 270 g/mol. The first-order valence-electron chi connectivity index (χ1n) is 6.39. The van der Waals surface area contributed by atoms with Crippen molar-refractivity contribution in [2.24, 2.45) is 0 Å². The van der Waals surface area contributed by atoms with Gasteiger partial charge in [0.1, 0.15) is 5.75 Å². The topological polar surface area (TPSA) is 24.5 Å². The van der Waals surface area contributed by atoms with Crippen molar-refractivity contribution < 1.29 is 13.5 Å². The van der Waals surface area contributed by atoms with Crippen molar-refractivity contribution in [3.63, 3.8) is 0 Å². The van der Waals surface area contributed by atoms with Crippen molar-refractivity contribution in [2.75, 3.05) is 27.7 Å². The van der Waals surface area contributed by atoms with Crippen molar-refractivity contribution in [2.45, 2.75) is 24.9 Å². The SMILES string of the molecule is CNC1c2cc(OC)ccc2CC1N(C)CC(F)F. The molecule has 0 heterocycles. The summed E-state index contributed by atoms with van der Waals surface area (Å²) in [6, 6.07) is 6.05. The molecule has 0 aromatic heterocycles.